The molecule has 0 radical (unpaired) electrons. The largest absolute Gasteiger partial charge is 0.481 e. The molecule has 0 aliphatic heterocycles. The quantitative estimate of drug-likeness (QED) is 0.888. The molecule has 2 N–H and O–H groups in total. The summed E-state index contributed by atoms with van der Waals surface area (Å²) in [5, 5.41) is 11.9. The topological polar surface area (TPSA) is 75.6 Å². The Bertz CT molecular complexity index is 635. The Labute approximate surface area is 141 Å². The fraction of sp³-hybridized carbons (Fsp3) is 0.579. The highest BCUT2D eigenvalue weighted by Crippen LogP contribution is 2.72. The Balaban J connectivity index is 1.16. The summed E-state index contributed by atoms with van der Waals surface area (Å²) in [6.45, 7) is 0.296. The molecule has 0 atom stereocenters. The molecular weight excluding hydrogens is 306 g/mol. The van der Waals surface area contributed by atoms with Crippen molar-refractivity contribution in [3.8, 4) is 0 Å². The number of nitrogens with one attached hydrogen (secondary N) is 1. The molecule has 128 valence electrons. The predicted molar refractivity (Wildman–Crippen MR) is 87.2 cm³/mol. The highest BCUT2D eigenvalue weighted by Gasteiger charge is 2.64. The number of carboxylic acid groups (broad SMARTS) is 1. The summed E-state index contributed by atoms with van der Waals surface area (Å²) in [7, 11) is 0. The second kappa shape index (κ2) is 5.50. The van der Waals surface area contributed by atoms with Gasteiger partial charge in [0.05, 0.1) is 5.92 Å². The van der Waals surface area contributed by atoms with Gasteiger partial charge >= 0.3 is 12.1 Å². The minimum Gasteiger partial charge on any atom is -0.481 e. The first-order valence-corrected chi connectivity index (χ1v) is 8.68. The number of aliphatic carboxylic acids is 1. The van der Waals surface area contributed by atoms with Crippen LogP contribution in [0.25, 0.3) is 0 Å². The number of carbonyl (C=O) groups excluding carboxylic acids is 1. The zero-order valence-electron chi connectivity index (χ0n) is 13.7. The third kappa shape index (κ3) is 2.76. The number of ether oxygens (including phenoxy) is 1. The molecule has 0 heterocycles. The van der Waals surface area contributed by atoms with Gasteiger partial charge in [-0.3, -0.25) is 4.79 Å². The lowest BCUT2D eigenvalue weighted by molar-refractivity contribution is -0.187. The summed E-state index contributed by atoms with van der Waals surface area (Å²) in [5.74, 6) is -0.764. The van der Waals surface area contributed by atoms with Gasteiger partial charge in [-0.15, -0.1) is 0 Å². The number of amides is 1. The molecule has 5 nitrogen and oxygen atoms in total. The van der Waals surface area contributed by atoms with Gasteiger partial charge in [0.25, 0.3) is 0 Å². The minimum absolute atomic E-state index is 0.121. The molecule has 24 heavy (non-hydrogen) atoms. The van der Waals surface area contributed by atoms with Crippen molar-refractivity contribution in [3.05, 3.63) is 35.9 Å². The maximum Gasteiger partial charge on any atom is 0.407 e. The number of hydrogen-bond acceptors (Lipinski definition) is 3. The van der Waals surface area contributed by atoms with Crippen molar-refractivity contribution >= 4 is 12.1 Å². The molecule has 3 aliphatic carbocycles. The van der Waals surface area contributed by atoms with E-state index in [0.717, 1.165) is 44.1 Å². The molecule has 0 aromatic heterocycles. The van der Waals surface area contributed by atoms with Crippen LogP contribution in [-0.4, -0.2) is 23.2 Å². The van der Waals surface area contributed by atoms with Crippen molar-refractivity contribution in [1.29, 1.82) is 0 Å². The van der Waals surface area contributed by atoms with Gasteiger partial charge in [0.1, 0.15) is 6.61 Å². The zero-order chi connectivity index (χ0) is 16.8. The first kappa shape index (κ1) is 15.5. The van der Waals surface area contributed by atoms with Crippen molar-refractivity contribution in [2.45, 2.75) is 51.2 Å². The van der Waals surface area contributed by atoms with Crippen LogP contribution in [0.4, 0.5) is 4.79 Å². The van der Waals surface area contributed by atoms with Crippen LogP contribution in [0.1, 0.15) is 44.1 Å². The van der Waals surface area contributed by atoms with E-state index in [0.29, 0.717) is 17.4 Å². The van der Waals surface area contributed by atoms with Crippen LogP contribution in [0.15, 0.2) is 30.3 Å². The molecule has 3 saturated carbocycles. The van der Waals surface area contributed by atoms with Crippen LogP contribution in [-0.2, 0) is 16.1 Å². The van der Waals surface area contributed by atoms with E-state index in [4.69, 9.17) is 9.84 Å². The Hall–Kier alpha value is -2.04. The molecule has 1 aromatic rings. The first-order chi connectivity index (χ1) is 11.5. The van der Waals surface area contributed by atoms with E-state index in [9.17, 15) is 9.59 Å². The van der Waals surface area contributed by atoms with Gasteiger partial charge in [0.2, 0.25) is 0 Å². The third-order valence-corrected chi connectivity index (χ3v) is 6.10. The maximum atomic E-state index is 11.9. The molecule has 3 fully saturated rings. The predicted octanol–water partition coefficient (Wildman–Crippen LogP) is 3.34. The third-order valence-electron chi connectivity index (χ3n) is 6.10. The Morgan fingerprint density at radius 3 is 2.33 bits per heavy atom. The van der Waals surface area contributed by atoms with Crippen LogP contribution in [0.2, 0.25) is 0 Å². The Morgan fingerprint density at radius 1 is 1.08 bits per heavy atom. The molecule has 2 spiro atoms. The van der Waals surface area contributed by atoms with Crippen LogP contribution >= 0.6 is 0 Å². The van der Waals surface area contributed by atoms with Gasteiger partial charge in [-0.25, -0.2) is 4.79 Å². The maximum absolute atomic E-state index is 11.9. The SMILES string of the molecule is O=C(NC1CC2(C1)CC1(CC(C(=O)O)C1)C2)OCc1ccccc1. The average molecular weight is 329 g/mol. The summed E-state index contributed by atoms with van der Waals surface area (Å²) in [4.78, 5) is 22.8. The number of rotatable bonds is 4. The van der Waals surface area contributed by atoms with E-state index in [-0.39, 0.29) is 18.1 Å². The first-order valence-electron chi connectivity index (χ1n) is 8.68. The van der Waals surface area contributed by atoms with Crippen molar-refractivity contribution in [1.82, 2.24) is 5.32 Å². The lowest BCUT2D eigenvalue weighted by atomic mass is 9.37. The molecule has 0 saturated heterocycles. The van der Waals surface area contributed by atoms with Crippen molar-refractivity contribution < 1.29 is 19.4 Å². The molecular formula is C19H23NO4. The summed E-state index contributed by atoms with van der Waals surface area (Å²) >= 11 is 0. The highest BCUT2D eigenvalue weighted by atomic mass is 16.5. The lowest BCUT2D eigenvalue weighted by Gasteiger charge is -2.68. The zero-order valence-corrected chi connectivity index (χ0v) is 13.7. The molecule has 3 aliphatic rings. The molecule has 1 aromatic carbocycles. The fourth-order valence-electron chi connectivity index (χ4n) is 5.30. The van der Waals surface area contributed by atoms with Crippen LogP contribution in [0.3, 0.4) is 0 Å². The van der Waals surface area contributed by atoms with E-state index < -0.39 is 5.97 Å². The molecule has 1 amide bonds. The van der Waals surface area contributed by atoms with E-state index in [1.807, 2.05) is 30.3 Å². The van der Waals surface area contributed by atoms with Gasteiger partial charge in [-0.05, 0) is 54.9 Å². The molecule has 0 unspecified atom stereocenters. The van der Waals surface area contributed by atoms with Crippen molar-refractivity contribution in [2.75, 3.05) is 0 Å². The second-order valence-electron chi connectivity index (χ2n) is 8.11. The van der Waals surface area contributed by atoms with Gasteiger partial charge in [0, 0.05) is 6.04 Å². The number of carboxylic acids is 1. The number of hydrogen-bond donors (Lipinski definition) is 2. The average Bonchev–Trinajstić information content (AvgIpc) is 2.44. The second-order valence-corrected chi connectivity index (χ2v) is 8.11. The Kier molecular flexibility index (Phi) is 3.55. The summed E-state index contributed by atoms with van der Waals surface area (Å²) < 4.78 is 5.25. The van der Waals surface area contributed by atoms with Crippen molar-refractivity contribution in [2.24, 2.45) is 16.7 Å². The molecule has 4 rings (SSSR count). The van der Waals surface area contributed by atoms with Crippen LogP contribution in [0, 0.1) is 16.7 Å². The van der Waals surface area contributed by atoms with E-state index in [1.54, 1.807) is 0 Å². The molecule has 5 heteroatoms. The Morgan fingerprint density at radius 2 is 1.71 bits per heavy atom. The lowest BCUT2D eigenvalue weighted by Crippen LogP contribution is -2.63. The fourth-order valence-corrected chi connectivity index (χ4v) is 5.30. The van der Waals surface area contributed by atoms with E-state index in [2.05, 4.69) is 5.32 Å². The normalized spacial score (nSPS) is 36.3. The van der Waals surface area contributed by atoms with Gasteiger partial charge in [0.15, 0.2) is 0 Å². The highest BCUT2D eigenvalue weighted by molar-refractivity contribution is 5.71. The van der Waals surface area contributed by atoms with Gasteiger partial charge in [-0.1, -0.05) is 30.3 Å². The van der Waals surface area contributed by atoms with E-state index >= 15 is 0 Å². The monoisotopic (exact) mass is 329 g/mol. The number of benzene rings is 1. The number of alkyl carbamates (subject to hydrolysis) is 1. The summed E-state index contributed by atoms with van der Waals surface area (Å²) in [5.41, 5.74) is 1.65. The number of carbonyl (C=O) groups is 2. The van der Waals surface area contributed by atoms with Crippen LogP contribution in [0.5, 0.6) is 0 Å². The van der Waals surface area contributed by atoms with Gasteiger partial charge in [-0.2, -0.15) is 0 Å². The standard InChI is InChI=1S/C19H23NO4/c21-16(22)14-6-18(7-14)11-19(12-18)8-15(9-19)20-17(23)24-10-13-4-2-1-3-5-13/h1-5,14-15H,6-12H2,(H,20,23)(H,21,22). The van der Waals surface area contributed by atoms with E-state index in [1.165, 1.54) is 0 Å². The molecule has 0 bridgehead atoms. The summed E-state index contributed by atoms with van der Waals surface area (Å²) in [6.07, 6.45) is 5.65. The smallest absolute Gasteiger partial charge is 0.407 e. The summed E-state index contributed by atoms with van der Waals surface area (Å²) in [6, 6.07) is 9.86. The van der Waals surface area contributed by atoms with Crippen molar-refractivity contribution in [3.63, 3.8) is 0 Å². The van der Waals surface area contributed by atoms with Gasteiger partial charge < -0.3 is 15.2 Å². The minimum atomic E-state index is -0.643. The van der Waals surface area contributed by atoms with Crippen LogP contribution < -0.4 is 5.32 Å².